The molecule has 1 spiro atoms. The lowest BCUT2D eigenvalue weighted by molar-refractivity contribution is -0.138. The highest BCUT2D eigenvalue weighted by Crippen LogP contribution is 2.47. The molecular weight excluding hydrogens is 403 g/mol. The predicted octanol–water partition coefficient (Wildman–Crippen LogP) is 2.10. The third-order valence-electron chi connectivity index (χ3n) is 4.66. The van der Waals surface area contributed by atoms with Crippen molar-refractivity contribution in [1.82, 2.24) is 10.6 Å². The van der Waals surface area contributed by atoms with E-state index in [2.05, 4.69) is 21.2 Å². The van der Waals surface area contributed by atoms with Gasteiger partial charge in [-0.05, 0) is 49.7 Å². The summed E-state index contributed by atoms with van der Waals surface area (Å²) in [4.78, 5) is 26.3. The molecule has 5 nitrogen and oxygen atoms in total. The van der Waals surface area contributed by atoms with Gasteiger partial charge >= 0.3 is 6.18 Å². The number of nitrogens with zero attached hydrogens (tertiary/aromatic N) is 1. The summed E-state index contributed by atoms with van der Waals surface area (Å²) in [6, 6.07) is 5.35. The molecule has 2 aliphatic heterocycles. The van der Waals surface area contributed by atoms with Crippen LogP contribution in [0.25, 0.3) is 0 Å². The number of carbonyl (C=O) groups is 2. The lowest BCUT2D eigenvalue weighted by atomic mass is 9.74. The topological polar surface area (TPSA) is 61.4 Å². The number of piperidine rings is 1. The molecule has 0 unspecified atom stereocenters. The number of anilines is 1. The minimum absolute atomic E-state index is 0.218. The van der Waals surface area contributed by atoms with E-state index >= 15 is 0 Å². The Morgan fingerprint density at radius 2 is 2.00 bits per heavy atom. The summed E-state index contributed by atoms with van der Waals surface area (Å²) < 4.78 is 37.6. The first-order chi connectivity index (χ1) is 11.7. The van der Waals surface area contributed by atoms with Gasteiger partial charge in [0.1, 0.15) is 13.1 Å². The van der Waals surface area contributed by atoms with Crippen molar-refractivity contribution in [1.29, 1.82) is 0 Å². The van der Waals surface area contributed by atoms with E-state index in [1.807, 2.05) is 11.4 Å². The van der Waals surface area contributed by atoms with Crippen LogP contribution >= 0.6 is 15.9 Å². The number of fused-ring (bicyclic) bond motifs is 2. The third kappa shape index (κ3) is 3.52. The molecule has 0 atom stereocenters. The van der Waals surface area contributed by atoms with Gasteiger partial charge in [-0.3, -0.25) is 9.59 Å². The maximum absolute atomic E-state index is 13.1. The zero-order valence-electron chi connectivity index (χ0n) is 13.3. The van der Waals surface area contributed by atoms with Crippen molar-refractivity contribution in [2.45, 2.75) is 24.4 Å². The minimum atomic E-state index is -4.48. The lowest BCUT2D eigenvalue weighted by Gasteiger charge is -2.33. The molecule has 2 N–H and O–H groups in total. The molecular formula is C16H17BrF3N3O2. The van der Waals surface area contributed by atoms with Gasteiger partial charge in [0.15, 0.2) is 0 Å². The maximum atomic E-state index is 13.1. The van der Waals surface area contributed by atoms with Gasteiger partial charge in [-0.2, -0.15) is 13.2 Å². The van der Waals surface area contributed by atoms with Crippen LogP contribution in [-0.4, -0.2) is 44.2 Å². The van der Waals surface area contributed by atoms with E-state index in [4.69, 9.17) is 0 Å². The second-order valence-corrected chi connectivity index (χ2v) is 7.19. The number of amides is 2. The minimum Gasteiger partial charge on any atom is -0.345 e. The molecule has 1 fully saturated rings. The summed E-state index contributed by atoms with van der Waals surface area (Å²) in [6.45, 7) is -0.480. The molecule has 2 amide bonds. The standard InChI is InChI=1S/C16H17BrF3N3O2/c17-10-1-2-12-11(7-10)15(3-5-21-6-4-15)14(25)23(12)8-13(24)22-9-16(18,19)20/h1-2,7,21H,3-6,8-9H2,(H,22,24). The van der Waals surface area contributed by atoms with Gasteiger partial charge in [0, 0.05) is 10.2 Å². The summed E-state index contributed by atoms with van der Waals surface area (Å²) in [5, 5.41) is 5.03. The molecule has 0 aliphatic carbocycles. The second kappa shape index (κ2) is 6.60. The number of nitrogens with one attached hydrogen (secondary N) is 2. The Labute approximate surface area is 151 Å². The van der Waals surface area contributed by atoms with Crippen LogP contribution in [0.1, 0.15) is 18.4 Å². The zero-order valence-corrected chi connectivity index (χ0v) is 14.8. The zero-order chi connectivity index (χ0) is 18.2. The fourth-order valence-corrected chi connectivity index (χ4v) is 3.86. The summed E-state index contributed by atoms with van der Waals surface area (Å²) >= 11 is 3.40. The second-order valence-electron chi connectivity index (χ2n) is 6.28. The van der Waals surface area contributed by atoms with E-state index in [0.29, 0.717) is 31.6 Å². The molecule has 0 aromatic heterocycles. The average molecular weight is 420 g/mol. The largest absolute Gasteiger partial charge is 0.405 e. The van der Waals surface area contributed by atoms with Crippen molar-refractivity contribution in [2.24, 2.45) is 0 Å². The quantitative estimate of drug-likeness (QED) is 0.788. The molecule has 1 aromatic carbocycles. The van der Waals surface area contributed by atoms with Crippen LogP contribution in [0.2, 0.25) is 0 Å². The molecule has 3 rings (SSSR count). The van der Waals surface area contributed by atoms with Crippen molar-refractivity contribution in [3.05, 3.63) is 28.2 Å². The summed E-state index contributed by atoms with van der Waals surface area (Å²) in [5.74, 6) is -1.05. The first-order valence-electron chi connectivity index (χ1n) is 7.89. The highest BCUT2D eigenvalue weighted by molar-refractivity contribution is 9.10. The van der Waals surface area contributed by atoms with Gasteiger partial charge < -0.3 is 15.5 Å². The monoisotopic (exact) mass is 419 g/mol. The maximum Gasteiger partial charge on any atom is 0.405 e. The highest BCUT2D eigenvalue weighted by Gasteiger charge is 2.51. The van der Waals surface area contributed by atoms with E-state index in [1.54, 1.807) is 12.1 Å². The number of carbonyl (C=O) groups excluding carboxylic acids is 2. The lowest BCUT2D eigenvalue weighted by Crippen LogP contribution is -2.49. The number of benzene rings is 1. The fraction of sp³-hybridized carbons (Fsp3) is 0.500. The molecule has 1 aromatic rings. The van der Waals surface area contributed by atoms with E-state index in [0.717, 1.165) is 10.0 Å². The molecule has 1 saturated heterocycles. The van der Waals surface area contributed by atoms with Crippen LogP contribution in [0.3, 0.4) is 0 Å². The van der Waals surface area contributed by atoms with Gasteiger partial charge in [0.05, 0.1) is 5.41 Å². The Bertz CT molecular complexity index is 702. The molecule has 0 bridgehead atoms. The number of rotatable bonds is 3. The van der Waals surface area contributed by atoms with Crippen molar-refractivity contribution >= 4 is 33.4 Å². The SMILES string of the molecule is O=C(CN1C(=O)C2(CCNCC2)c2cc(Br)ccc21)NCC(F)(F)F. The van der Waals surface area contributed by atoms with Crippen LogP contribution in [0, 0.1) is 0 Å². The van der Waals surface area contributed by atoms with Gasteiger partial charge in [-0.25, -0.2) is 0 Å². The Hall–Kier alpha value is -1.61. The normalized spacial score (nSPS) is 19.2. The molecule has 136 valence electrons. The highest BCUT2D eigenvalue weighted by atomic mass is 79.9. The van der Waals surface area contributed by atoms with Gasteiger partial charge in [-0.1, -0.05) is 15.9 Å². The molecule has 2 heterocycles. The molecule has 9 heteroatoms. The Kier molecular flexibility index (Phi) is 4.80. The van der Waals surface area contributed by atoms with E-state index < -0.39 is 30.6 Å². The predicted molar refractivity (Wildman–Crippen MR) is 89.3 cm³/mol. The summed E-state index contributed by atoms with van der Waals surface area (Å²) in [6.07, 6.45) is -3.30. The van der Waals surface area contributed by atoms with Crippen LogP contribution in [0.5, 0.6) is 0 Å². The van der Waals surface area contributed by atoms with Crippen molar-refractivity contribution in [2.75, 3.05) is 31.1 Å². The average Bonchev–Trinajstić information content (AvgIpc) is 2.76. The number of hydrogen-bond acceptors (Lipinski definition) is 3. The van der Waals surface area contributed by atoms with Crippen LogP contribution in [-0.2, 0) is 15.0 Å². The van der Waals surface area contributed by atoms with Crippen LogP contribution < -0.4 is 15.5 Å². The number of hydrogen-bond donors (Lipinski definition) is 2. The number of halogens is 4. The molecule has 25 heavy (non-hydrogen) atoms. The van der Waals surface area contributed by atoms with E-state index in [-0.39, 0.29) is 5.91 Å². The molecule has 2 aliphatic rings. The molecule has 0 radical (unpaired) electrons. The van der Waals surface area contributed by atoms with Crippen molar-refractivity contribution in [3.8, 4) is 0 Å². The molecule has 0 saturated carbocycles. The first kappa shape index (κ1) is 18.2. The van der Waals surface area contributed by atoms with Crippen LogP contribution in [0.15, 0.2) is 22.7 Å². The van der Waals surface area contributed by atoms with Crippen LogP contribution in [0.4, 0.5) is 18.9 Å². The van der Waals surface area contributed by atoms with E-state index in [9.17, 15) is 22.8 Å². The fourth-order valence-electron chi connectivity index (χ4n) is 3.50. The summed E-state index contributed by atoms with van der Waals surface area (Å²) in [7, 11) is 0. The van der Waals surface area contributed by atoms with Gasteiger partial charge in [-0.15, -0.1) is 0 Å². The Balaban J connectivity index is 1.86. The smallest absolute Gasteiger partial charge is 0.345 e. The van der Waals surface area contributed by atoms with Crippen molar-refractivity contribution in [3.63, 3.8) is 0 Å². The first-order valence-corrected chi connectivity index (χ1v) is 8.68. The Morgan fingerprint density at radius 1 is 1.32 bits per heavy atom. The third-order valence-corrected chi connectivity index (χ3v) is 5.16. The van der Waals surface area contributed by atoms with Crippen molar-refractivity contribution < 1.29 is 22.8 Å². The number of alkyl halides is 3. The Morgan fingerprint density at radius 3 is 2.64 bits per heavy atom. The van der Waals surface area contributed by atoms with Gasteiger partial charge in [0.2, 0.25) is 11.8 Å². The van der Waals surface area contributed by atoms with E-state index in [1.165, 1.54) is 4.90 Å². The summed E-state index contributed by atoms with van der Waals surface area (Å²) in [5.41, 5.74) is 0.712. The van der Waals surface area contributed by atoms with Gasteiger partial charge in [0.25, 0.3) is 0 Å².